The van der Waals surface area contributed by atoms with Crippen LogP contribution >= 0.6 is 0 Å². The fourth-order valence-electron chi connectivity index (χ4n) is 3.03. The minimum absolute atomic E-state index is 0.132. The molecule has 21 heavy (non-hydrogen) atoms. The Bertz CT molecular complexity index is 518. The van der Waals surface area contributed by atoms with Gasteiger partial charge in [-0.25, -0.2) is 0 Å². The highest BCUT2D eigenvalue weighted by Gasteiger charge is 2.20. The number of hydrogen-bond acceptors (Lipinski definition) is 4. The number of amides is 1. The molecule has 0 aliphatic carbocycles. The zero-order valence-corrected chi connectivity index (χ0v) is 12.4. The summed E-state index contributed by atoms with van der Waals surface area (Å²) < 4.78 is 10.6. The van der Waals surface area contributed by atoms with Crippen molar-refractivity contribution in [2.24, 2.45) is 5.92 Å². The Morgan fingerprint density at radius 1 is 1.38 bits per heavy atom. The van der Waals surface area contributed by atoms with Gasteiger partial charge in [-0.15, -0.1) is 0 Å². The SMILES string of the molecule is CN1CCCC(CC(=O)NCc2ccc3c(c2)OCO3)C1. The standard InChI is InChI=1S/C16H22N2O3/c1-18-6-2-3-13(10-18)8-16(19)17-9-12-4-5-14-15(7-12)21-11-20-14/h4-5,7,13H,2-3,6,8-11H2,1H3,(H,17,19). The van der Waals surface area contributed by atoms with Gasteiger partial charge in [0.25, 0.3) is 0 Å². The van der Waals surface area contributed by atoms with E-state index in [4.69, 9.17) is 9.47 Å². The maximum Gasteiger partial charge on any atom is 0.231 e. The van der Waals surface area contributed by atoms with E-state index in [0.29, 0.717) is 18.9 Å². The molecule has 114 valence electrons. The number of likely N-dealkylation sites (tertiary alicyclic amines) is 1. The van der Waals surface area contributed by atoms with Crippen LogP contribution in [-0.4, -0.2) is 37.7 Å². The molecule has 0 radical (unpaired) electrons. The number of fused-ring (bicyclic) bond motifs is 1. The molecule has 0 aromatic heterocycles. The second-order valence-corrected chi connectivity index (χ2v) is 5.94. The van der Waals surface area contributed by atoms with Crippen molar-refractivity contribution in [2.75, 3.05) is 26.9 Å². The number of rotatable bonds is 4. The van der Waals surface area contributed by atoms with Crippen LogP contribution in [0.25, 0.3) is 0 Å². The summed E-state index contributed by atoms with van der Waals surface area (Å²) in [7, 11) is 2.12. The Morgan fingerprint density at radius 3 is 3.10 bits per heavy atom. The van der Waals surface area contributed by atoms with Crippen molar-refractivity contribution in [1.29, 1.82) is 0 Å². The first-order chi connectivity index (χ1) is 10.2. The minimum Gasteiger partial charge on any atom is -0.454 e. The van der Waals surface area contributed by atoms with Crippen LogP contribution in [0.5, 0.6) is 11.5 Å². The van der Waals surface area contributed by atoms with Crippen LogP contribution in [0.4, 0.5) is 0 Å². The number of piperidine rings is 1. The topological polar surface area (TPSA) is 50.8 Å². The Kier molecular flexibility index (Phi) is 4.29. The normalized spacial score (nSPS) is 21.3. The van der Waals surface area contributed by atoms with Crippen LogP contribution in [0.1, 0.15) is 24.8 Å². The number of nitrogens with zero attached hydrogens (tertiary/aromatic N) is 1. The van der Waals surface area contributed by atoms with Crippen LogP contribution in [0.3, 0.4) is 0 Å². The van der Waals surface area contributed by atoms with E-state index in [1.165, 1.54) is 6.42 Å². The summed E-state index contributed by atoms with van der Waals surface area (Å²) in [4.78, 5) is 14.3. The monoisotopic (exact) mass is 290 g/mol. The number of hydrogen-bond donors (Lipinski definition) is 1. The van der Waals surface area contributed by atoms with Gasteiger partial charge in [0, 0.05) is 19.5 Å². The molecule has 3 rings (SSSR count). The highest BCUT2D eigenvalue weighted by molar-refractivity contribution is 5.76. The number of carbonyl (C=O) groups excluding carboxylic acids is 1. The molecule has 2 heterocycles. The number of ether oxygens (including phenoxy) is 2. The number of carbonyl (C=O) groups is 1. The lowest BCUT2D eigenvalue weighted by molar-refractivity contribution is -0.122. The fourth-order valence-corrected chi connectivity index (χ4v) is 3.03. The lowest BCUT2D eigenvalue weighted by Gasteiger charge is -2.29. The van der Waals surface area contributed by atoms with Gasteiger partial charge < -0.3 is 19.7 Å². The smallest absolute Gasteiger partial charge is 0.231 e. The quantitative estimate of drug-likeness (QED) is 0.918. The summed E-state index contributed by atoms with van der Waals surface area (Å²) in [6.45, 7) is 2.99. The van der Waals surface area contributed by atoms with Gasteiger partial charge in [0.2, 0.25) is 12.7 Å². The van der Waals surface area contributed by atoms with Crippen LogP contribution in [-0.2, 0) is 11.3 Å². The third-order valence-electron chi connectivity index (χ3n) is 4.12. The van der Waals surface area contributed by atoms with E-state index in [0.717, 1.165) is 36.6 Å². The highest BCUT2D eigenvalue weighted by atomic mass is 16.7. The molecule has 1 unspecified atom stereocenters. The van der Waals surface area contributed by atoms with Gasteiger partial charge in [0.05, 0.1) is 0 Å². The van der Waals surface area contributed by atoms with E-state index in [1.807, 2.05) is 18.2 Å². The van der Waals surface area contributed by atoms with E-state index < -0.39 is 0 Å². The molecule has 5 heteroatoms. The van der Waals surface area contributed by atoms with Crippen LogP contribution < -0.4 is 14.8 Å². The molecule has 1 aromatic carbocycles. The minimum atomic E-state index is 0.132. The molecule has 0 saturated carbocycles. The molecule has 1 atom stereocenters. The molecule has 0 bridgehead atoms. The summed E-state index contributed by atoms with van der Waals surface area (Å²) in [5, 5.41) is 3.00. The van der Waals surface area contributed by atoms with Crippen molar-refractivity contribution in [1.82, 2.24) is 10.2 Å². The van der Waals surface area contributed by atoms with Gasteiger partial charge in [-0.3, -0.25) is 4.79 Å². The van der Waals surface area contributed by atoms with E-state index in [9.17, 15) is 4.79 Å². The van der Waals surface area contributed by atoms with E-state index in [-0.39, 0.29) is 12.7 Å². The average molecular weight is 290 g/mol. The van der Waals surface area contributed by atoms with E-state index >= 15 is 0 Å². The maximum atomic E-state index is 12.0. The number of nitrogens with one attached hydrogen (secondary N) is 1. The predicted octanol–water partition coefficient (Wildman–Crippen LogP) is 1.76. The summed E-state index contributed by atoms with van der Waals surface area (Å²) in [6.07, 6.45) is 2.97. The lowest BCUT2D eigenvalue weighted by atomic mass is 9.95. The van der Waals surface area contributed by atoms with Crippen LogP contribution in [0.2, 0.25) is 0 Å². The van der Waals surface area contributed by atoms with E-state index in [1.54, 1.807) is 0 Å². The Labute approximate surface area is 125 Å². The molecular weight excluding hydrogens is 268 g/mol. The fraction of sp³-hybridized carbons (Fsp3) is 0.562. The van der Waals surface area contributed by atoms with Crippen LogP contribution in [0.15, 0.2) is 18.2 Å². The van der Waals surface area contributed by atoms with Crippen molar-refractivity contribution < 1.29 is 14.3 Å². The second kappa shape index (κ2) is 6.35. The van der Waals surface area contributed by atoms with Crippen molar-refractivity contribution in [3.05, 3.63) is 23.8 Å². The molecule has 2 aliphatic rings. The van der Waals surface area contributed by atoms with Gasteiger partial charge >= 0.3 is 0 Å². The van der Waals surface area contributed by atoms with Gasteiger partial charge in [-0.05, 0) is 50.0 Å². The van der Waals surface area contributed by atoms with E-state index in [2.05, 4.69) is 17.3 Å². The summed E-state index contributed by atoms with van der Waals surface area (Å²) in [6, 6.07) is 5.78. The van der Waals surface area contributed by atoms with Crippen LogP contribution in [0, 0.1) is 5.92 Å². The third-order valence-corrected chi connectivity index (χ3v) is 4.12. The molecule has 0 spiro atoms. The zero-order valence-electron chi connectivity index (χ0n) is 12.4. The molecule has 2 aliphatic heterocycles. The van der Waals surface area contributed by atoms with Gasteiger partial charge in [0.15, 0.2) is 11.5 Å². The highest BCUT2D eigenvalue weighted by Crippen LogP contribution is 2.32. The van der Waals surface area contributed by atoms with Crippen molar-refractivity contribution >= 4 is 5.91 Å². The average Bonchev–Trinajstić information content (AvgIpc) is 2.92. The first-order valence-corrected chi connectivity index (χ1v) is 7.54. The Hall–Kier alpha value is -1.75. The summed E-state index contributed by atoms with van der Waals surface area (Å²) in [5.74, 6) is 2.15. The maximum absolute atomic E-state index is 12.0. The first kappa shape index (κ1) is 14.2. The molecular formula is C16H22N2O3. The predicted molar refractivity (Wildman–Crippen MR) is 79.2 cm³/mol. The lowest BCUT2D eigenvalue weighted by Crippen LogP contribution is -2.35. The molecule has 1 saturated heterocycles. The van der Waals surface area contributed by atoms with Crippen molar-refractivity contribution in [3.63, 3.8) is 0 Å². The summed E-state index contributed by atoms with van der Waals surface area (Å²) in [5.41, 5.74) is 1.04. The zero-order chi connectivity index (χ0) is 14.7. The molecule has 1 N–H and O–H groups in total. The summed E-state index contributed by atoms with van der Waals surface area (Å²) >= 11 is 0. The molecule has 1 aromatic rings. The van der Waals surface area contributed by atoms with Gasteiger partial charge in [0.1, 0.15) is 0 Å². The first-order valence-electron chi connectivity index (χ1n) is 7.54. The van der Waals surface area contributed by atoms with Crippen molar-refractivity contribution in [3.8, 4) is 11.5 Å². The Morgan fingerprint density at radius 2 is 2.24 bits per heavy atom. The van der Waals surface area contributed by atoms with Gasteiger partial charge in [-0.1, -0.05) is 6.07 Å². The molecule has 1 fully saturated rings. The van der Waals surface area contributed by atoms with Gasteiger partial charge in [-0.2, -0.15) is 0 Å². The largest absolute Gasteiger partial charge is 0.454 e. The Balaban J connectivity index is 1.47. The number of benzene rings is 1. The second-order valence-electron chi connectivity index (χ2n) is 5.94. The van der Waals surface area contributed by atoms with Crippen molar-refractivity contribution in [2.45, 2.75) is 25.8 Å². The molecule has 5 nitrogen and oxygen atoms in total. The third kappa shape index (κ3) is 3.67. The molecule has 1 amide bonds.